The van der Waals surface area contributed by atoms with Gasteiger partial charge in [-0.15, -0.1) is 0 Å². The van der Waals surface area contributed by atoms with Gasteiger partial charge in [0.2, 0.25) is 5.83 Å². The molecule has 1 aliphatic rings. The average Bonchev–Trinajstić information content (AvgIpc) is 3.36. The first-order chi connectivity index (χ1) is 12.4. The number of rotatable bonds is 2. The molecule has 6 heteroatoms. The van der Waals surface area contributed by atoms with Crippen molar-refractivity contribution in [1.82, 2.24) is 0 Å². The molecule has 130 valence electrons. The standard InChI is InChI=1S/C20H10BrF4N/c21-18(13-9-5-2-6-10-13)16-15(17(16)19(22)20(23,24)25)14(11-26)12-7-3-1-4-8-12/h1-10H. The molecule has 0 amide bonds. The highest BCUT2D eigenvalue weighted by molar-refractivity contribution is 9.15. The maximum atomic E-state index is 14.0. The molecule has 1 fully saturated rings. The van der Waals surface area contributed by atoms with Crippen LogP contribution in [0.25, 0.3) is 10.1 Å². The molecule has 0 heterocycles. The number of halogens is 5. The van der Waals surface area contributed by atoms with Gasteiger partial charge in [-0.25, -0.2) is 4.39 Å². The lowest BCUT2D eigenvalue weighted by atomic mass is 10.1. The van der Waals surface area contributed by atoms with Gasteiger partial charge in [0, 0.05) is 21.2 Å². The molecule has 0 bridgehead atoms. The van der Waals surface area contributed by atoms with Crippen molar-refractivity contribution in [2.75, 3.05) is 0 Å². The fourth-order valence-corrected chi connectivity index (χ4v) is 3.28. The summed E-state index contributed by atoms with van der Waals surface area (Å²) in [6, 6.07) is 18.7. The van der Waals surface area contributed by atoms with Crippen LogP contribution in [0.15, 0.2) is 83.2 Å². The Morgan fingerprint density at radius 1 is 0.808 bits per heavy atom. The lowest BCUT2D eigenvalue weighted by molar-refractivity contribution is -0.109. The molecular formula is C20H10BrF4N. The van der Waals surface area contributed by atoms with Gasteiger partial charge in [-0.3, -0.25) is 0 Å². The zero-order valence-electron chi connectivity index (χ0n) is 13.1. The lowest BCUT2D eigenvalue weighted by Crippen LogP contribution is -2.07. The molecular weight excluding hydrogens is 410 g/mol. The second-order valence-corrected chi connectivity index (χ2v) is 6.26. The van der Waals surface area contributed by atoms with E-state index in [4.69, 9.17) is 0 Å². The Labute approximate surface area is 155 Å². The highest BCUT2D eigenvalue weighted by Gasteiger charge is 2.48. The minimum absolute atomic E-state index is 0.00267. The SMILES string of the molecule is N#CC(=C1C(=C(Br)c2ccccc2)C1=C(F)C(F)(F)F)c1ccccc1. The Kier molecular flexibility index (Phi) is 4.84. The summed E-state index contributed by atoms with van der Waals surface area (Å²) in [7, 11) is 0. The van der Waals surface area contributed by atoms with Crippen LogP contribution in [-0.2, 0) is 0 Å². The quantitative estimate of drug-likeness (QED) is 0.398. The molecule has 0 aromatic heterocycles. The van der Waals surface area contributed by atoms with Crippen molar-refractivity contribution in [3.8, 4) is 6.07 Å². The Morgan fingerprint density at radius 2 is 1.31 bits per heavy atom. The van der Waals surface area contributed by atoms with Crippen LogP contribution < -0.4 is 0 Å². The van der Waals surface area contributed by atoms with E-state index in [0.29, 0.717) is 15.6 Å². The highest BCUT2D eigenvalue weighted by Crippen LogP contribution is 2.57. The zero-order valence-corrected chi connectivity index (χ0v) is 14.7. The van der Waals surface area contributed by atoms with Gasteiger partial charge in [-0.05, 0) is 27.1 Å². The van der Waals surface area contributed by atoms with Crippen LogP contribution in [0, 0.1) is 11.3 Å². The van der Waals surface area contributed by atoms with E-state index in [1.54, 1.807) is 60.7 Å². The number of hydrogen-bond donors (Lipinski definition) is 0. The number of benzene rings is 2. The molecule has 0 radical (unpaired) electrons. The number of nitriles is 1. The molecule has 0 atom stereocenters. The normalized spacial score (nSPS) is 19.5. The predicted octanol–water partition coefficient (Wildman–Crippen LogP) is 6.57. The van der Waals surface area contributed by atoms with Crippen LogP contribution in [0.2, 0.25) is 0 Å². The van der Waals surface area contributed by atoms with Crippen LogP contribution in [0.1, 0.15) is 11.1 Å². The van der Waals surface area contributed by atoms with E-state index in [9.17, 15) is 22.8 Å². The Bertz CT molecular complexity index is 978. The Balaban J connectivity index is 2.30. The number of hydrogen-bond acceptors (Lipinski definition) is 1. The van der Waals surface area contributed by atoms with Gasteiger partial charge < -0.3 is 0 Å². The molecule has 0 spiro atoms. The molecule has 0 unspecified atom stereocenters. The summed E-state index contributed by atoms with van der Waals surface area (Å²) in [5.41, 5.74) is 0.489. The first kappa shape index (κ1) is 18.2. The fraction of sp³-hybridized carbons (Fsp3) is 0.0500. The number of nitrogens with zero attached hydrogens (tertiary/aromatic N) is 1. The van der Waals surface area contributed by atoms with E-state index < -0.39 is 17.6 Å². The van der Waals surface area contributed by atoms with Gasteiger partial charge in [-0.1, -0.05) is 60.7 Å². The topological polar surface area (TPSA) is 23.8 Å². The maximum Gasteiger partial charge on any atom is 0.443 e. The summed E-state index contributed by atoms with van der Waals surface area (Å²) in [4.78, 5) is 0. The van der Waals surface area contributed by atoms with Crippen LogP contribution in [0.3, 0.4) is 0 Å². The third-order valence-corrected chi connectivity index (χ3v) is 4.68. The summed E-state index contributed by atoms with van der Waals surface area (Å²) < 4.78 is 53.2. The molecule has 3 rings (SSSR count). The average molecular weight is 420 g/mol. The number of alkyl halides is 3. The summed E-state index contributed by atoms with van der Waals surface area (Å²) in [6.07, 6.45) is -5.12. The summed E-state index contributed by atoms with van der Waals surface area (Å²) in [5.74, 6) is -2.20. The Morgan fingerprint density at radius 3 is 1.77 bits per heavy atom. The minimum atomic E-state index is -5.12. The third-order valence-electron chi connectivity index (χ3n) is 3.83. The third kappa shape index (κ3) is 3.35. The molecule has 2 aromatic carbocycles. The molecule has 1 nitrogen and oxygen atoms in total. The largest absolute Gasteiger partial charge is 0.443 e. The molecule has 26 heavy (non-hydrogen) atoms. The van der Waals surface area contributed by atoms with Gasteiger partial charge in [0.05, 0.1) is 5.57 Å². The predicted molar refractivity (Wildman–Crippen MR) is 95.5 cm³/mol. The second-order valence-electron chi connectivity index (χ2n) is 5.47. The minimum Gasteiger partial charge on any atom is -0.201 e. The summed E-state index contributed by atoms with van der Waals surface area (Å²) in [5, 5.41) is 9.49. The van der Waals surface area contributed by atoms with Crippen LogP contribution in [0.5, 0.6) is 0 Å². The number of allylic oxidation sites excluding steroid dienone is 5. The first-order valence-electron chi connectivity index (χ1n) is 7.49. The van der Waals surface area contributed by atoms with Crippen molar-refractivity contribution < 1.29 is 17.6 Å². The smallest absolute Gasteiger partial charge is 0.201 e. The highest BCUT2D eigenvalue weighted by atomic mass is 79.9. The van der Waals surface area contributed by atoms with Crippen molar-refractivity contribution in [2.24, 2.45) is 0 Å². The molecule has 1 saturated carbocycles. The van der Waals surface area contributed by atoms with Crippen LogP contribution in [-0.4, -0.2) is 6.18 Å². The van der Waals surface area contributed by atoms with Gasteiger partial charge in [0.15, 0.2) is 0 Å². The molecule has 2 aromatic rings. The lowest BCUT2D eigenvalue weighted by Gasteiger charge is -2.00. The van der Waals surface area contributed by atoms with Gasteiger partial charge in [-0.2, -0.15) is 18.4 Å². The first-order valence-corrected chi connectivity index (χ1v) is 8.28. The summed E-state index contributed by atoms with van der Waals surface area (Å²) >= 11 is 3.27. The molecule has 0 N–H and O–H groups in total. The second kappa shape index (κ2) is 6.93. The Hall–Kier alpha value is -2.65. The zero-order chi connectivity index (χ0) is 18.9. The van der Waals surface area contributed by atoms with Gasteiger partial charge >= 0.3 is 6.18 Å². The summed E-state index contributed by atoms with van der Waals surface area (Å²) in [6.45, 7) is 0. The van der Waals surface area contributed by atoms with E-state index in [0.717, 1.165) is 0 Å². The van der Waals surface area contributed by atoms with Crippen molar-refractivity contribution in [3.05, 3.63) is 94.3 Å². The monoisotopic (exact) mass is 419 g/mol. The molecule has 0 aliphatic heterocycles. The van der Waals surface area contributed by atoms with E-state index in [1.165, 1.54) is 0 Å². The van der Waals surface area contributed by atoms with Crippen LogP contribution >= 0.6 is 15.9 Å². The van der Waals surface area contributed by atoms with Crippen molar-refractivity contribution in [1.29, 1.82) is 5.26 Å². The molecule has 1 aliphatic carbocycles. The van der Waals surface area contributed by atoms with Gasteiger partial charge in [0.1, 0.15) is 6.07 Å². The maximum absolute atomic E-state index is 14.0. The van der Waals surface area contributed by atoms with Gasteiger partial charge in [0.25, 0.3) is 0 Å². The molecule has 0 saturated heterocycles. The van der Waals surface area contributed by atoms with Crippen LogP contribution in [0.4, 0.5) is 17.6 Å². The fourth-order valence-electron chi connectivity index (χ4n) is 2.62. The van der Waals surface area contributed by atoms with Crippen molar-refractivity contribution in [3.63, 3.8) is 0 Å². The van der Waals surface area contributed by atoms with E-state index in [-0.39, 0.29) is 16.7 Å². The van der Waals surface area contributed by atoms with E-state index >= 15 is 0 Å². The van der Waals surface area contributed by atoms with E-state index in [1.807, 2.05) is 6.07 Å². The van der Waals surface area contributed by atoms with E-state index in [2.05, 4.69) is 15.9 Å². The van der Waals surface area contributed by atoms with Crippen molar-refractivity contribution >= 4 is 26.0 Å². The van der Waals surface area contributed by atoms with Crippen molar-refractivity contribution in [2.45, 2.75) is 6.18 Å².